The van der Waals surface area contributed by atoms with Gasteiger partial charge in [0.05, 0.1) is 18.8 Å². The van der Waals surface area contributed by atoms with Crippen LogP contribution in [0, 0.1) is 0 Å². The van der Waals surface area contributed by atoms with Gasteiger partial charge in [-0.3, -0.25) is 25.8 Å². The Bertz CT molecular complexity index is 949. The molecule has 32 heavy (non-hydrogen) atoms. The predicted octanol–water partition coefficient (Wildman–Crippen LogP) is 2.37. The summed E-state index contributed by atoms with van der Waals surface area (Å²) in [5, 5.41) is 2.37. The number of carbonyl (C=O) groups is 3. The van der Waals surface area contributed by atoms with Crippen molar-refractivity contribution in [1.29, 1.82) is 0 Å². The van der Waals surface area contributed by atoms with Gasteiger partial charge in [0.1, 0.15) is 11.5 Å². The van der Waals surface area contributed by atoms with Crippen molar-refractivity contribution in [3.05, 3.63) is 59.7 Å². The Morgan fingerprint density at radius 2 is 1.66 bits per heavy atom. The molecule has 0 aliphatic heterocycles. The summed E-state index contributed by atoms with van der Waals surface area (Å²) in [6, 6.07) is 12.8. The molecule has 0 aliphatic rings. The second kappa shape index (κ2) is 12.9. The molecule has 2 rings (SSSR count). The number of esters is 1. The molecule has 0 fully saturated rings. The van der Waals surface area contributed by atoms with Crippen molar-refractivity contribution in [2.45, 2.75) is 20.3 Å². The highest BCUT2D eigenvalue weighted by molar-refractivity contribution is 7.80. The Morgan fingerprint density at radius 3 is 2.34 bits per heavy atom. The zero-order valence-electron chi connectivity index (χ0n) is 17.8. The smallest absolute Gasteiger partial charge is 0.338 e. The molecule has 0 saturated carbocycles. The lowest BCUT2D eigenvalue weighted by molar-refractivity contribution is -0.123. The lowest BCUT2D eigenvalue weighted by atomic mass is 10.2. The third-order valence-corrected chi connectivity index (χ3v) is 4.05. The second-order valence-corrected chi connectivity index (χ2v) is 6.77. The van der Waals surface area contributed by atoms with Crippen molar-refractivity contribution >= 4 is 35.1 Å². The summed E-state index contributed by atoms with van der Waals surface area (Å²) in [6.45, 7) is 4.28. The number of hydrogen-bond acceptors (Lipinski definition) is 7. The van der Waals surface area contributed by atoms with Gasteiger partial charge in [0.2, 0.25) is 0 Å². The summed E-state index contributed by atoms with van der Waals surface area (Å²) in [6.07, 6.45) is 0.740. The lowest BCUT2D eigenvalue weighted by Gasteiger charge is -2.12. The zero-order valence-corrected chi connectivity index (χ0v) is 18.6. The van der Waals surface area contributed by atoms with E-state index in [1.165, 1.54) is 0 Å². The first-order chi connectivity index (χ1) is 15.4. The van der Waals surface area contributed by atoms with E-state index in [-0.39, 0.29) is 11.7 Å². The van der Waals surface area contributed by atoms with E-state index in [1.807, 2.05) is 13.8 Å². The largest absolute Gasteiger partial charge is 0.494 e. The maximum atomic E-state index is 12.2. The van der Waals surface area contributed by atoms with E-state index in [9.17, 15) is 14.4 Å². The van der Waals surface area contributed by atoms with Crippen LogP contribution in [-0.4, -0.2) is 42.7 Å². The van der Waals surface area contributed by atoms with Gasteiger partial charge in [-0.1, -0.05) is 13.0 Å². The first kappa shape index (κ1) is 24.6. The summed E-state index contributed by atoms with van der Waals surface area (Å²) in [7, 11) is 0. The molecule has 2 amide bonds. The molecule has 0 radical (unpaired) electrons. The number of benzene rings is 2. The number of rotatable bonds is 9. The Hall–Kier alpha value is -3.66. The van der Waals surface area contributed by atoms with Crippen molar-refractivity contribution in [2.24, 2.45) is 0 Å². The molecule has 0 bridgehead atoms. The fraction of sp³-hybridized carbons (Fsp3) is 0.273. The second-order valence-electron chi connectivity index (χ2n) is 6.37. The van der Waals surface area contributed by atoms with Gasteiger partial charge in [0, 0.05) is 5.56 Å². The number of carbonyl (C=O) groups excluding carboxylic acids is 3. The number of ether oxygens (including phenoxy) is 3. The van der Waals surface area contributed by atoms with Crippen LogP contribution in [0.2, 0.25) is 0 Å². The van der Waals surface area contributed by atoms with Crippen molar-refractivity contribution in [3.63, 3.8) is 0 Å². The highest BCUT2D eigenvalue weighted by Gasteiger charge is 2.11. The minimum Gasteiger partial charge on any atom is -0.494 e. The van der Waals surface area contributed by atoms with Gasteiger partial charge >= 0.3 is 5.97 Å². The Labute approximate surface area is 191 Å². The summed E-state index contributed by atoms with van der Waals surface area (Å²) in [5.74, 6) is -0.424. The Balaban J connectivity index is 1.73. The van der Waals surface area contributed by atoms with Gasteiger partial charge in [-0.2, -0.15) is 0 Å². The fourth-order valence-electron chi connectivity index (χ4n) is 2.38. The summed E-state index contributed by atoms with van der Waals surface area (Å²) >= 11 is 5.01. The normalized spacial score (nSPS) is 9.94. The summed E-state index contributed by atoms with van der Waals surface area (Å²) in [4.78, 5) is 35.9. The summed E-state index contributed by atoms with van der Waals surface area (Å²) in [5.41, 5.74) is 5.51. The molecular formula is C22H25N3O6S. The molecule has 0 spiro atoms. The fourth-order valence-corrected chi connectivity index (χ4v) is 2.52. The maximum absolute atomic E-state index is 12.2. The SMILES string of the molecule is CCCOC(=O)c1ccc(OCC(=O)NNC(=S)NC(=O)c2cccc(OCC)c2)cc1. The molecule has 10 heteroatoms. The topological polar surface area (TPSA) is 115 Å². The highest BCUT2D eigenvalue weighted by Crippen LogP contribution is 2.14. The van der Waals surface area contributed by atoms with E-state index in [0.717, 1.165) is 6.42 Å². The van der Waals surface area contributed by atoms with Gasteiger partial charge in [-0.15, -0.1) is 0 Å². The van der Waals surface area contributed by atoms with E-state index in [1.54, 1.807) is 48.5 Å². The van der Waals surface area contributed by atoms with Crippen LogP contribution in [-0.2, 0) is 9.53 Å². The van der Waals surface area contributed by atoms with E-state index in [4.69, 9.17) is 26.4 Å². The molecule has 3 N–H and O–H groups in total. The third-order valence-electron chi connectivity index (χ3n) is 3.85. The molecule has 170 valence electrons. The molecular weight excluding hydrogens is 434 g/mol. The van der Waals surface area contributed by atoms with Crippen LogP contribution in [0.4, 0.5) is 0 Å². The molecule has 0 saturated heterocycles. The molecule has 2 aromatic carbocycles. The highest BCUT2D eigenvalue weighted by atomic mass is 32.1. The Morgan fingerprint density at radius 1 is 0.906 bits per heavy atom. The van der Waals surface area contributed by atoms with Crippen molar-refractivity contribution in [2.75, 3.05) is 19.8 Å². The quantitative estimate of drug-likeness (QED) is 0.297. The van der Waals surface area contributed by atoms with Crippen LogP contribution in [0.5, 0.6) is 11.5 Å². The lowest BCUT2D eigenvalue weighted by Crippen LogP contribution is -2.49. The molecule has 0 aliphatic carbocycles. The number of nitrogens with one attached hydrogen (secondary N) is 3. The first-order valence-corrected chi connectivity index (χ1v) is 10.4. The average molecular weight is 460 g/mol. The van der Waals surface area contributed by atoms with Crippen LogP contribution in [0.25, 0.3) is 0 Å². The monoisotopic (exact) mass is 459 g/mol. The van der Waals surface area contributed by atoms with Crippen molar-refractivity contribution in [1.82, 2.24) is 16.2 Å². The predicted molar refractivity (Wildman–Crippen MR) is 121 cm³/mol. The molecule has 0 atom stereocenters. The number of hydrazine groups is 1. The molecule has 0 aromatic heterocycles. The minimum absolute atomic E-state index is 0.0832. The first-order valence-electron chi connectivity index (χ1n) is 9.96. The molecule has 0 heterocycles. The minimum atomic E-state index is -0.522. The van der Waals surface area contributed by atoms with E-state index < -0.39 is 17.8 Å². The summed E-state index contributed by atoms with van der Waals surface area (Å²) < 4.78 is 15.8. The van der Waals surface area contributed by atoms with Gasteiger partial charge in [-0.25, -0.2) is 4.79 Å². The van der Waals surface area contributed by atoms with Crippen molar-refractivity contribution in [3.8, 4) is 11.5 Å². The van der Waals surface area contributed by atoms with Crippen LogP contribution < -0.4 is 25.6 Å². The molecule has 2 aromatic rings. The number of thiocarbonyl (C=S) groups is 1. The van der Waals surface area contributed by atoms with E-state index in [2.05, 4.69) is 16.2 Å². The van der Waals surface area contributed by atoms with Gasteiger partial charge in [0.25, 0.3) is 11.8 Å². The molecule has 9 nitrogen and oxygen atoms in total. The van der Waals surface area contributed by atoms with Crippen LogP contribution in [0.3, 0.4) is 0 Å². The Kier molecular flexibility index (Phi) is 9.92. The molecule has 0 unspecified atom stereocenters. The standard InChI is InChI=1S/C22H25N3O6S/c1-3-12-30-21(28)15-8-10-17(11-9-15)31-14-19(26)24-25-22(32)23-20(27)16-6-5-7-18(13-16)29-4-2/h5-11,13H,3-4,12,14H2,1-2H3,(H,24,26)(H2,23,25,27,32). The van der Waals surface area contributed by atoms with E-state index >= 15 is 0 Å². The third kappa shape index (κ3) is 8.23. The van der Waals surface area contributed by atoms with Crippen molar-refractivity contribution < 1.29 is 28.6 Å². The van der Waals surface area contributed by atoms with Gasteiger partial charge < -0.3 is 14.2 Å². The van der Waals surface area contributed by atoms with Gasteiger partial charge in [-0.05, 0) is 68.0 Å². The number of amides is 2. The zero-order chi connectivity index (χ0) is 23.3. The van der Waals surface area contributed by atoms with E-state index in [0.29, 0.717) is 35.8 Å². The number of hydrogen-bond donors (Lipinski definition) is 3. The maximum Gasteiger partial charge on any atom is 0.338 e. The van der Waals surface area contributed by atoms with Crippen LogP contribution in [0.1, 0.15) is 41.0 Å². The van der Waals surface area contributed by atoms with Gasteiger partial charge in [0.15, 0.2) is 11.7 Å². The van der Waals surface area contributed by atoms with Crippen LogP contribution >= 0.6 is 12.2 Å². The van der Waals surface area contributed by atoms with Crippen LogP contribution in [0.15, 0.2) is 48.5 Å². The average Bonchev–Trinajstić information content (AvgIpc) is 2.80.